The van der Waals surface area contributed by atoms with E-state index in [4.69, 9.17) is 10.8 Å². The number of aliphatic carboxylic acids is 1. The van der Waals surface area contributed by atoms with Crippen LogP contribution < -0.4 is 5.73 Å². The number of nitrogens with two attached hydrogens (primary N) is 1. The molecule has 0 atom stereocenters. The third kappa shape index (κ3) is 2.75. The van der Waals surface area contributed by atoms with Gasteiger partial charge in [0.15, 0.2) is 0 Å². The first-order valence-electron chi connectivity index (χ1n) is 5.46. The molecule has 0 unspecified atom stereocenters. The molecule has 0 bridgehead atoms. The number of carbonyl (C=O) groups excluding carboxylic acids is 1. The predicted octanol–water partition coefficient (Wildman–Crippen LogP) is 0.958. The molecule has 3 N–H and O–H groups in total. The largest absolute Gasteiger partial charge is 0.480 e. The summed E-state index contributed by atoms with van der Waals surface area (Å²) in [5.41, 5.74) is 6.55. The van der Waals surface area contributed by atoms with E-state index in [9.17, 15) is 9.59 Å². The van der Waals surface area contributed by atoms with Crippen molar-refractivity contribution < 1.29 is 14.7 Å². The van der Waals surface area contributed by atoms with E-state index in [1.165, 1.54) is 4.90 Å². The van der Waals surface area contributed by atoms with E-state index in [-0.39, 0.29) is 18.5 Å². The highest BCUT2D eigenvalue weighted by Gasteiger charge is 2.34. The molecule has 90 valence electrons. The highest BCUT2D eigenvalue weighted by molar-refractivity contribution is 5.97. The molecule has 1 aliphatic carbocycles. The van der Waals surface area contributed by atoms with Gasteiger partial charge in [0.05, 0.1) is 0 Å². The van der Waals surface area contributed by atoms with Crippen molar-refractivity contribution in [2.75, 3.05) is 12.3 Å². The van der Waals surface area contributed by atoms with Gasteiger partial charge >= 0.3 is 5.97 Å². The van der Waals surface area contributed by atoms with E-state index in [0.717, 1.165) is 12.8 Å². The maximum atomic E-state index is 12.1. The van der Waals surface area contributed by atoms with E-state index < -0.39 is 5.97 Å². The van der Waals surface area contributed by atoms with Gasteiger partial charge in [-0.1, -0.05) is 6.07 Å². The summed E-state index contributed by atoms with van der Waals surface area (Å²) >= 11 is 0. The van der Waals surface area contributed by atoms with Gasteiger partial charge < -0.3 is 15.7 Å². The Labute approximate surface area is 98.8 Å². The van der Waals surface area contributed by atoms with Crippen LogP contribution in [0.2, 0.25) is 0 Å². The third-order valence-electron chi connectivity index (χ3n) is 2.69. The van der Waals surface area contributed by atoms with Crippen molar-refractivity contribution in [1.82, 2.24) is 4.90 Å². The first-order valence-corrected chi connectivity index (χ1v) is 5.46. The van der Waals surface area contributed by atoms with Crippen LogP contribution in [0.25, 0.3) is 0 Å². The molecule has 5 nitrogen and oxygen atoms in total. The Morgan fingerprint density at radius 2 is 2.12 bits per heavy atom. The lowest BCUT2D eigenvalue weighted by Crippen LogP contribution is -2.37. The second-order valence-corrected chi connectivity index (χ2v) is 4.18. The van der Waals surface area contributed by atoms with Crippen LogP contribution in [0.4, 0.5) is 5.69 Å². The van der Waals surface area contributed by atoms with Gasteiger partial charge in [-0.3, -0.25) is 9.59 Å². The van der Waals surface area contributed by atoms with Crippen LogP contribution in [-0.4, -0.2) is 34.5 Å². The molecule has 5 heteroatoms. The number of carboxylic acid groups (broad SMARTS) is 1. The monoisotopic (exact) mass is 234 g/mol. The average molecular weight is 234 g/mol. The number of hydrogen-bond acceptors (Lipinski definition) is 3. The summed E-state index contributed by atoms with van der Waals surface area (Å²) in [6, 6.07) is 6.67. The first-order chi connectivity index (χ1) is 8.08. The van der Waals surface area contributed by atoms with Crippen LogP contribution in [0.1, 0.15) is 23.2 Å². The van der Waals surface area contributed by atoms with E-state index in [2.05, 4.69) is 0 Å². The number of nitrogens with zero attached hydrogens (tertiary/aromatic N) is 1. The number of rotatable bonds is 4. The van der Waals surface area contributed by atoms with Gasteiger partial charge in [0.25, 0.3) is 5.91 Å². The molecule has 0 heterocycles. The minimum atomic E-state index is -0.992. The van der Waals surface area contributed by atoms with Gasteiger partial charge in [-0.15, -0.1) is 0 Å². The number of carbonyl (C=O) groups is 2. The van der Waals surface area contributed by atoms with Gasteiger partial charge in [0, 0.05) is 17.3 Å². The van der Waals surface area contributed by atoms with Gasteiger partial charge in [0.1, 0.15) is 6.54 Å². The standard InChI is InChI=1S/C12H14N2O3/c13-9-3-1-2-8(6-9)12(17)14(7-11(15)16)10-4-5-10/h1-3,6,10H,4-5,7,13H2,(H,15,16). The van der Waals surface area contributed by atoms with Gasteiger partial charge in [-0.2, -0.15) is 0 Å². The number of anilines is 1. The van der Waals surface area contributed by atoms with E-state index in [0.29, 0.717) is 11.3 Å². The Kier molecular flexibility index (Phi) is 2.99. The fourth-order valence-electron chi connectivity index (χ4n) is 1.74. The second kappa shape index (κ2) is 4.45. The third-order valence-corrected chi connectivity index (χ3v) is 2.69. The van der Waals surface area contributed by atoms with Gasteiger partial charge in [-0.05, 0) is 31.0 Å². The van der Waals surface area contributed by atoms with Crippen molar-refractivity contribution in [2.45, 2.75) is 18.9 Å². The minimum absolute atomic E-state index is 0.0695. The van der Waals surface area contributed by atoms with Crippen molar-refractivity contribution in [1.29, 1.82) is 0 Å². The lowest BCUT2D eigenvalue weighted by molar-refractivity contribution is -0.137. The zero-order valence-electron chi connectivity index (χ0n) is 9.30. The molecule has 1 fully saturated rings. The topological polar surface area (TPSA) is 83.6 Å². The molecule has 0 spiro atoms. The fourth-order valence-corrected chi connectivity index (χ4v) is 1.74. The van der Waals surface area contributed by atoms with Crippen molar-refractivity contribution in [3.63, 3.8) is 0 Å². The summed E-state index contributed by atoms with van der Waals surface area (Å²) < 4.78 is 0. The molecular formula is C12H14N2O3. The number of hydrogen-bond donors (Lipinski definition) is 2. The smallest absolute Gasteiger partial charge is 0.323 e. The molecule has 0 saturated heterocycles. The lowest BCUT2D eigenvalue weighted by atomic mass is 10.1. The normalized spacial score (nSPS) is 14.4. The molecule has 0 radical (unpaired) electrons. The Hall–Kier alpha value is -2.04. The Bertz CT molecular complexity index is 455. The van der Waals surface area contributed by atoms with Crippen LogP contribution in [0.3, 0.4) is 0 Å². The summed E-state index contributed by atoms with van der Waals surface area (Å²) in [6.07, 6.45) is 1.75. The van der Waals surface area contributed by atoms with Crippen molar-refractivity contribution in [3.8, 4) is 0 Å². The summed E-state index contributed by atoms with van der Waals surface area (Å²) in [4.78, 5) is 24.2. The van der Waals surface area contributed by atoms with Crippen LogP contribution in [0.15, 0.2) is 24.3 Å². The van der Waals surface area contributed by atoms with Crippen LogP contribution in [0, 0.1) is 0 Å². The summed E-state index contributed by atoms with van der Waals surface area (Å²) in [5.74, 6) is -1.25. The molecule has 1 amide bonds. The summed E-state index contributed by atoms with van der Waals surface area (Å²) in [6.45, 7) is -0.252. The number of benzene rings is 1. The van der Waals surface area contributed by atoms with Crippen LogP contribution >= 0.6 is 0 Å². The molecule has 17 heavy (non-hydrogen) atoms. The number of carboxylic acids is 1. The Balaban J connectivity index is 2.18. The van der Waals surface area contributed by atoms with Crippen molar-refractivity contribution in [2.24, 2.45) is 0 Å². The molecule has 0 aliphatic heterocycles. The highest BCUT2D eigenvalue weighted by atomic mass is 16.4. The molecule has 1 aliphatic rings. The molecule has 1 aromatic carbocycles. The number of amides is 1. The van der Waals surface area contributed by atoms with Crippen LogP contribution in [-0.2, 0) is 4.79 Å². The van der Waals surface area contributed by atoms with Crippen molar-refractivity contribution in [3.05, 3.63) is 29.8 Å². The maximum absolute atomic E-state index is 12.1. The molecule has 2 rings (SSSR count). The lowest BCUT2D eigenvalue weighted by Gasteiger charge is -2.20. The summed E-state index contributed by atoms with van der Waals surface area (Å²) in [7, 11) is 0. The number of nitrogen functional groups attached to an aromatic ring is 1. The quantitative estimate of drug-likeness (QED) is 0.760. The Morgan fingerprint density at radius 3 is 2.65 bits per heavy atom. The van der Waals surface area contributed by atoms with Gasteiger partial charge in [0.2, 0.25) is 0 Å². The van der Waals surface area contributed by atoms with E-state index >= 15 is 0 Å². The fraction of sp³-hybridized carbons (Fsp3) is 0.333. The molecular weight excluding hydrogens is 220 g/mol. The first kappa shape index (κ1) is 11.4. The van der Waals surface area contributed by atoms with E-state index in [1.54, 1.807) is 24.3 Å². The highest BCUT2D eigenvalue weighted by Crippen LogP contribution is 2.28. The van der Waals surface area contributed by atoms with Crippen LogP contribution in [0.5, 0.6) is 0 Å². The zero-order valence-corrected chi connectivity index (χ0v) is 9.30. The second-order valence-electron chi connectivity index (χ2n) is 4.18. The molecule has 1 aromatic rings. The average Bonchev–Trinajstić information content (AvgIpc) is 3.08. The Morgan fingerprint density at radius 1 is 1.41 bits per heavy atom. The maximum Gasteiger partial charge on any atom is 0.323 e. The molecule has 1 saturated carbocycles. The predicted molar refractivity (Wildman–Crippen MR) is 62.5 cm³/mol. The zero-order chi connectivity index (χ0) is 12.4. The van der Waals surface area contributed by atoms with E-state index in [1.807, 2.05) is 0 Å². The molecule has 0 aromatic heterocycles. The van der Waals surface area contributed by atoms with Gasteiger partial charge in [-0.25, -0.2) is 0 Å². The SMILES string of the molecule is Nc1cccc(C(=O)N(CC(=O)O)C2CC2)c1. The minimum Gasteiger partial charge on any atom is -0.480 e. The summed E-state index contributed by atoms with van der Waals surface area (Å²) in [5, 5.41) is 8.79. The van der Waals surface area contributed by atoms with Crippen molar-refractivity contribution >= 4 is 17.6 Å².